The number of carbonyl (C=O) groups excluding carboxylic acids is 1. The lowest BCUT2D eigenvalue weighted by molar-refractivity contribution is 0.0692. The highest BCUT2D eigenvalue weighted by Crippen LogP contribution is 2.26. The number of ether oxygens (including phenoxy) is 2. The third-order valence-corrected chi connectivity index (χ3v) is 8.92. The number of carboxylic acids is 1. The van der Waals surface area contributed by atoms with E-state index in [1.807, 2.05) is 49.4 Å². The number of rotatable bonds is 13. The van der Waals surface area contributed by atoms with Crippen molar-refractivity contribution in [2.75, 3.05) is 23.8 Å². The number of anilines is 2. The zero-order valence-electron chi connectivity index (χ0n) is 26.3. The van der Waals surface area contributed by atoms with Gasteiger partial charge < -0.3 is 25.0 Å². The number of carboxylic acid groups (broad SMARTS) is 1. The minimum Gasteiger partial charge on any atom is -0.508 e. The molecule has 0 aliphatic heterocycles. The second-order valence-corrected chi connectivity index (χ2v) is 12.7. The van der Waals surface area contributed by atoms with Crippen molar-refractivity contribution in [2.45, 2.75) is 24.7 Å². The van der Waals surface area contributed by atoms with Crippen molar-refractivity contribution in [2.24, 2.45) is 0 Å². The maximum Gasteiger partial charge on any atom is 0.339 e. The van der Waals surface area contributed by atoms with Gasteiger partial charge in [0.15, 0.2) is 0 Å². The molecule has 0 aliphatic rings. The van der Waals surface area contributed by atoms with Crippen LogP contribution >= 0.6 is 0 Å². The quantitative estimate of drug-likeness (QED) is 0.0969. The number of phenolic OH excluding ortho intramolecular Hbond substituents is 1. The molecule has 0 atom stereocenters. The number of amides is 1. The molecule has 0 saturated heterocycles. The SMILES string of the molecule is COc1ccc(S(=O)(=O)Nc2cccc(CCCOc3ccc(NC(=O)c4ccc(-c5ccc(O)cc5)cc4)cc3C)c2)cc1C(=O)O. The Morgan fingerprint density at radius 3 is 2.15 bits per heavy atom. The summed E-state index contributed by atoms with van der Waals surface area (Å²) in [5, 5.41) is 21.8. The van der Waals surface area contributed by atoms with E-state index in [-0.39, 0.29) is 27.9 Å². The first kappa shape index (κ1) is 33.6. The number of aromatic carboxylic acids is 1. The average molecular weight is 667 g/mol. The zero-order valence-corrected chi connectivity index (χ0v) is 27.1. The van der Waals surface area contributed by atoms with Gasteiger partial charge in [0.25, 0.3) is 15.9 Å². The van der Waals surface area contributed by atoms with Gasteiger partial charge in [-0.1, -0.05) is 36.4 Å². The van der Waals surface area contributed by atoms with Crippen molar-refractivity contribution < 1.29 is 37.7 Å². The molecule has 0 bridgehead atoms. The summed E-state index contributed by atoms with van der Waals surface area (Å²) in [6.45, 7) is 2.31. The minimum atomic E-state index is -4.04. The van der Waals surface area contributed by atoms with E-state index in [0.717, 1.165) is 28.3 Å². The molecular formula is C37H34N2O8S. The molecule has 0 fully saturated rings. The Balaban J connectivity index is 1.12. The molecule has 5 aromatic carbocycles. The highest BCUT2D eigenvalue weighted by atomic mass is 32.2. The van der Waals surface area contributed by atoms with Crippen molar-refractivity contribution in [1.29, 1.82) is 0 Å². The fourth-order valence-corrected chi connectivity index (χ4v) is 6.12. The van der Waals surface area contributed by atoms with Crippen molar-refractivity contribution in [3.8, 4) is 28.4 Å². The molecule has 0 aliphatic carbocycles. The standard InChI is InChI=1S/C37H34N2O8S/c1-24-21-29(38-36(41)28-10-8-26(9-11-28)27-12-15-31(40)16-13-27)14-18-34(24)47-20-4-6-25-5-3-7-30(22-25)39-48(44,45)32-17-19-35(46-2)33(23-32)37(42)43/h3,5,7-19,21-23,39-40H,4,6,20H2,1-2H3,(H,38,41)(H,42,43). The predicted octanol–water partition coefficient (Wildman–Crippen LogP) is 7.14. The Kier molecular flexibility index (Phi) is 10.3. The van der Waals surface area contributed by atoms with E-state index in [4.69, 9.17) is 9.47 Å². The fourth-order valence-electron chi connectivity index (χ4n) is 5.04. The highest BCUT2D eigenvalue weighted by molar-refractivity contribution is 7.92. The summed E-state index contributed by atoms with van der Waals surface area (Å²) in [6, 6.07) is 30.2. The van der Waals surface area contributed by atoms with Crippen LogP contribution < -0.4 is 19.5 Å². The molecular weight excluding hydrogens is 632 g/mol. The van der Waals surface area contributed by atoms with Gasteiger partial charge in [-0.15, -0.1) is 0 Å². The first-order chi connectivity index (χ1) is 23.0. The minimum absolute atomic E-state index is 0.0640. The van der Waals surface area contributed by atoms with Crippen LogP contribution in [0.1, 0.15) is 38.3 Å². The average Bonchev–Trinajstić information content (AvgIpc) is 3.07. The molecule has 0 spiro atoms. The van der Waals surface area contributed by atoms with Crippen LogP contribution in [0.5, 0.6) is 17.2 Å². The number of hydrogen-bond acceptors (Lipinski definition) is 7. The van der Waals surface area contributed by atoms with Gasteiger partial charge in [-0.25, -0.2) is 13.2 Å². The monoisotopic (exact) mass is 666 g/mol. The van der Waals surface area contributed by atoms with Crippen molar-refractivity contribution >= 4 is 33.3 Å². The number of benzene rings is 5. The van der Waals surface area contributed by atoms with E-state index < -0.39 is 16.0 Å². The van der Waals surface area contributed by atoms with Gasteiger partial charge >= 0.3 is 5.97 Å². The summed E-state index contributed by atoms with van der Waals surface area (Å²) in [7, 11) is -2.73. The second kappa shape index (κ2) is 14.7. The largest absolute Gasteiger partial charge is 0.508 e. The van der Waals surface area contributed by atoms with Crippen molar-refractivity contribution in [3.63, 3.8) is 0 Å². The lowest BCUT2D eigenvalue weighted by Gasteiger charge is -2.13. The van der Waals surface area contributed by atoms with E-state index in [1.54, 1.807) is 48.5 Å². The second-order valence-electron chi connectivity index (χ2n) is 11.0. The summed E-state index contributed by atoms with van der Waals surface area (Å²) in [6.07, 6.45) is 1.29. The Morgan fingerprint density at radius 1 is 0.792 bits per heavy atom. The van der Waals surface area contributed by atoms with E-state index in [2.05, 4.69) is 10.0 Å². The molecule has 10 nitrogen and oxygen atoms in total. The molecule has 4 N–H and O–H groups in total. The van der Waals surface area contributed by atoms with Crippen molar-refractivity contribution in [1.82, 2.24) is 0 Å². The van der Waals surface area contributed by atoms with Gasteiger partial charge in [0.2, 0.25) is 0 Å². The van der Waals surface area contributed by atoms with Crippen LogP contribution in [0.2, 0.25) is 0 Å². The molecule has 0 unspecified atom stereocenters. The van der Waals surface area contributed by atoms with Gasteiger partial charge in [0, 0.05) is 16.9 Å². The summed E-state index contributed by atoms with van der Waals surface area (Å²) < 4.78 is 39.4. The molecule has 246 valence electrons. The van der Waals surface area contributed by atoms with E-state index in [9.17, 15) is 28.2 Å². The normalized spacial score (nSPS) is 11.0. The van der Waals surface area contributed by atoms with Gasteiger partial charge in [-0.2, -0.15) is 0 Å². The Hall–Kier alpha value is -5.81. The molecule has 5 rings (SSSR count). The lowest BCUT2D eigenvalue weighted by atomic mass is 10.0. The summed E-state index contributed by atoms with van der Waals surface area (Å²) in [5.74, 6) is -0.585. The molecule has 0 radical (unpaired) electrons. The third kappa shape index (κ3) is 8.31. The van der Waals surface area contributed by atoms with Gasteiger partial charge in [-0.05, 0) is 115 Å². The number of aromatic hydroxyl groups is 1. The molecule has 1 amide bonds. The van der Waals surface area contributed by atoms with Gasteiger partial charge in [0.05, 0.1) is 18.6 Å². The summed E-state index contributed by atoms with van der Waals surface area (Å²) in [4.78, 5) is 24.2. The Labute approximate surface area is 278 Å². The van der Waals surface area contributed by atoms with Crippen LogP contribution in [-0.2, 0) is 16.4 Å². The lowest BCUT2D eigenvalue weighted by Crippen LogP contribution is -2.14. The smallest absolute Gasteiger partial charge is 0.339 e. The first-order valence-electron chi connectivity index (χ1n) is 15.0. The maximum atomic E-state index is 13.0. The third-order valence-electron chi connectivity index (χ3n) is 7.54. The number of carbonyl (C=O) groups is 2. The van der Waals surface area contributed by atoms with Crippen molar-refractivity contribution in [3.05, 3.63) is 131 Å². The zero-order chi connectivity index (χ0) is 34.3. The maximum absolute atomic E-state index is 13.0. The summed E-state index contributed by atoms with van der Waals surface area (Å²) in [5.41, 5.74) is 4.87. The Morgan fingerprint density at radius 2 is 1.48 bits per heavy atom. The van der Waals surface area contributed by atoms with Crippen LogP contribution in [0.4, 0.5) is 11.4 Å². The van der Waals surface area contributed by atoms with Crippen LogP contribution in [0.3, 0.4) is 0 Å². The molecule has 5 aromatic rings. The van der Waals surface area contributed by atoms with Crippen LogP contribution in [0.25, 0.3) is 11.1 Å². The number of hydrogen-bond donors (Lipinski definition) is 4. The molecule has 0 heterocycles. The predicted molar refractivity (Wildman–Crippen MR) is 184 cm³/mol. The summed E-state index contributed by atoms with van der Waals surface area (Å²) >= 11 is 0. The van der Waals surface area contributed by atoms with Crippen LogP contribution in [-0.4, -0.2) is 44.2 Å². The molecule has 48 heavy (non-hydrogen) atoms. The Bertz CT molecular complexity index is 2040. The van der Waals surface area contributed by atoms with Crippen LogP contribution in [0.15, 0.2) is 114 Å². The molecule has 11 heteroatoms. The number of sulfonamides is 1. The van der Waals surface area contributed by atoms with E-state index in [0.29, 0.717) is 42.1 Å². The first-order valence-corrected chi connectivity index (χ1v) is 16.5. The number of nitrogens with one attached hydrogen (secondary N) is 2. The molecule has 0 aromatic heterocycles. The van der Waals surface area contributed by atoms with Crippen LogP contribution in [0, 0.1) is 6.92 Å². The number of phenols is 1. The number of aryl methyl sites for hydroxylation is 2. The number of methoxy groups -OCH3 is 1. The highest BCUT2D eigenvalue weighted by Gasteiger charge is 2.20. The molecule has 0 saturated carbocycles. The fraction of sp³-hybridized carbons (Fsp3) is 0.135. The van der Waals surface area contributed by atoms with Gasteiger partial charge in [-0.3, -0.25) is 9.52 Å². The van der Waals surface area contributed by atoms with Gasteiger partial charge in [0.1, 0.15) is 22.8 Å². The van der Waals surface area contributed by atoms with E-state index >= 15 is 0 Å². The van der Waals surface area contributed by atoms with E-state index in [1.165, 1.54) is 19.2 Å². The topological polar surface area (TPSA) is 151 Å².